The van der Waals surface area contributed by atoms with Gasteiger partial charge in [0.2, 0.25) is 0 Å². The first-order chi connectivity index (χ1) is 7.27. The molecular formula is C10H15N5. The first-order valence-electron chi connectivity index (χ1n) is 4.96. The van der Waals surface area contributed by atoms with Crippen LogP contribution in [-0.4, -0.2) is 19.7 Å². The Morgan fingerprint density at radius 3 is 3.07 bits per heavy atom. The second-order valence-electron chi connectivity index (χ2n) is 3.56. The summed E-state index contributed by atoms with van der Waals surface area (Å²) in [4.78, 5) is 7.02. The molecule has 0 bridgehead atoms. The zero-order valence-electron chi connectivity index (χ0n) is 8.94. The highest BCUT2D eigenvalue weighted by atomic mass is 15.3. The molecule has 0 aliphatic carbocycles. The highest BCUT2D eigenvalue weighted by Crippen LogP contribution is 2.10. The molecule has 0 radical (unpaired) electrons. The van der Waals surface area contributed by atoms with Gasteiger partial charge in [-0.15, -0.1) is 0 Å². The smallest absolute Gasteiger partial charge is 0.0922 e. The van der Waals surface area contributed by atoms with Gasteiger partial charge in [0, 0.05) is 37.7 Å². The molecule has 1 unspecified atom stereocenters. The number of hydrogen-bond donors (Lipinski definition) is 2. The Kier molecular flexibility index (Phi) is 2.82. The molecule has 2 aromatic heterocycles. The number of imidazole rings is 1. The van der Waals surface area contributed by atoms with Gasteiger partial charge in [0.1, 0.15) is 0 Å². The molecule has 80 valence electrons. The lowest BCUT2D eigenvalue weighted by atomic mass is 10.2. The van der Waals surface area contributed by atoms with Gasteiger partial charge >= 0.3 is 0 Å². The van der Waals surface area contributed by atoms with Crippen molar-refractivity contribution in [2.45, 2.75) is 19.5 Å². The van der Waals surface area contributed by atoms with Crippen LogP contribution in [0.25, 0.3) is 0 Å². The van der Waals surface area contributed by atoms with E-state index < -0.39 is 0 Å². The van der Waals surface area contributed by atoms with E-state index in [4.69, 9.17) is 0 Å². The van der Waals surface area contributed by atoms with E-state index in [-0.39, 0.29) is 6.04 Å². The van der Waals surface area contributed by atoms with E-state index >= 15 is 0 Å². The van der Waals surface area contributed by atoms with Gasteiger partial charge in [0.25, 0.3) is 0 Å². The van der Waals surface area contributed by atoms with E-state index in [0.717, 1.165) is 12.2 Å². The molecule has 2 rings (SSSR count). The van der Waals surface area contributed by atoms with Crippen molar-refractivity contribution in [2.24, 2.45) is 7.05 Å². The molecule has 2 aromatic rings. The van der Waals surface area contributed by atoms with Crippen molar-refractivity contribution in [3.05, 3.63) is 36.2 Å². The second kappa shape index (κ2) is 4.27. The average molecular weight is 205 g/mol. The Bertz CT molecular complexity index is 403. The van der Waals surface area contributed by atoms with Gasteiger partial charge in [-0.3, -0.25) is 4.68 Å². The molecule has 0 aliphatic heterocycles. The number of rotatable bonds is 4. The maximum Gasteiger partial charge on any atom is 0.0922 e. The lowest BCUT2D eigenvalue weighted by molar-refractivity contribution is 0.526. The average Bonchev–Trinajstić information content (AvgIpc) is 2.84. The third-order valence-electron chi connectivity index (χ3n) is 2.46. The molecule has 0 aliphatic rings. The van der Waals surface area contributed by atoms with Crippen LogP contribution in [0.4, 0.5) is 0 Å². The summed E-state index contributed by atoms with van der Waals surface area (Å²) >= 11 is 0. The van der Waals surface area contributed by atoms with E-state index in [1.807, 2.05) is 30.2 Å². The van der Waals surface area contributed by atoms with Gasteiger partial charge < -0.3 is 10.3 Å². The van der Waals surface area contributed by atoms with E-state index in [9.17, 15) is 0 Å². The van der Waals surface area contributed by atoms with Crippen molar-refractivity contribution in [3.8, 4) is 0 Å². The first kappa shape index (κ1) is 9.92. The predicted octanol–water partition coefficient (Wildman–Crippen LogP) is 0.994. The Hall–Kier alpha value is -1.62. The standard InChI is InChI=1S/C10H15N5/c1-8(10-3-4-14-15(10)2)12-6-9-5-11-7-13-9/h3-5,7-8,12H,6H2,1-2H3,(H,11,13). The van der Waals surface area contributed by atoms with Crippen LogP contribution in [0.2, 0.25) is 0 Å². The van der Waals surface area contributed by atoms with Gasteiger partial charge in [0.15, 0.2) is 0 Å². The van der Waals surface area contributed by atoms with Crippen LogP contribution >= 0.6 is 0 Å². The molecule has 0 amide bonds. The molecule has 0 fully saturated rings. The Morgan fingerprint density at radius 1 is 1.60 bits per heavy atom. The van der Waals surface area contributed by atoms with Gasteiger partial charge in [0.05, 0.1) is 12.0 Å². The van der Waals surface area contributed by atoms with Crippen molar-refractivity contribution in [1.29, 1.82) is 0 Å². The number of H-pyrrole nitrogens is 1. The largest absolute Gasteiger partial charge is 0.347 e. The van der Waals surface area contributed by atoms with Crippen LogP contribution in [0.15, 0.2) is 24.8 Å². The minimum atomic E-state index is 0.279. The number of aryl methyl sites for hydroxylation is 1. The number of aromatic nitrogens is 4. The summed E-state index contributed by atoms with van der Waals surface area (Å²) in [6.45, 7) is 2.90. The predicted molar refractivity (Wildman–Crippen MR) is 57.1 cm³/mol. The van der Waals surface area contributed by atoms with E-state index in [1.54, 1.807) is 6.33 Å². The fourth-order valence-electron chi connectivity index (χ4n) is 1.56. The minimum Gasteiger partial charge on any atom is -0.347 e. The number of aromatic amines is 1. The lowest BCUT2D eigenvalue weighted by Crippen LogP contribution is -2.20. The second-order valence-corrected chi connectivity index (χ2v) is 3.56. The summed E-state index contributed by atoms with van der Waals surface area (Å²) in [5.74, 6) is 0. The summed E-state index contributed by atoms with van der Waals surface area (Å²) in [5.41, 5.74) is 2.26. The van der Waals surface area contributed by atoms with Crippen LogP contribution in [0, 0.1) is 0 Å². The third kappa shape index (κ3) is 2.24. The number of nitrogens with one attached hydrogen (secondary N) is 2. The van der Waals surface area contributed by atoms with Crippen LogP contribution in [0.3, 0.4) is 0 Å². The van der Waals surface area contributed by atoms with E-state index in [2.05, 4.69) is 27.3 Å². The highest BCUT2D eigenvalue weighted by molar-refractivity contribution is 5.06. The first-order valence-corrected chi connectivity index (χ1v) is 4.96. The summed E-state index contributed by atoms with van der Waals surface area (Å²) < 4.78 is 1.88. The molecule has 2 heterocycles. The SMILES string of the molecule is CC(NCc1cnc[nH]1)c1ccnn1C. The Labute approximate surface area is 88.5 Å². The normalized spacial score (nSPS) is 12.9. The molecule has 0 saturated heterocycles. The summed E-state index contributed by atoms with van der Waals surface area (Å²) in [7, 11) is 1.95. The van der Waals surface area contributed by atoms with E-state index in [0.29, 0.717) is 0 Å². The van der Waals surface area contributed by atoms with Crippen molar-refractivity contribution in [2.75, 3.05) is 0 Å². The monoisotopic (exact) mass is 205 g/mol. The maximum absolute atomic E-state index is 4.14. The zero-order chi connectivity index (χ0) is 10.7. The molecule has 2 N–H and O–H groups in total. The van der Waals surface area contributed by atoms with Crippen molar-refractivity contribution in [1.82, 2.24) is 25.1 Å². The quantitative estimate of drug-likeness (QED) is 0.782. The molecule has 0 aromatic carbocycles. The molecule has 15 heavy (non-hydrogen) atoms. The molecule has 0 spiro atoms. The van der Waals surface area contributed by atoms with Gasteiger partial charge in [-0.1, -0.05) is 0 Å². The zero-order valence-corrected chi connectivity index (χ0v) is 8.94. The number of nitrogens with zero attached hydrogens (tertiary/aromatic N) is 3. The summed E-state index contributed by atoms with van der Waals surface area (Å²) in [5, 5.41) is 7.54. The summed E-state index contributed by atoms with van der Waals surface area (Å²) in [6.07, 6.45) is 5.32. The van der Waals surface area contributed by atoms with E-state index in [1.165, 1.54) is 5.69 Å². The Morgan fingerprint density at radius 2 is 2.47 bits per heavy atom. The van der Waals surface area contributed by atoms with Crippen molar-refractivity contribution in [3.63, 3.8) is 0 Å². The van der Waals surface area contributed by atoms with Crippen LogP contribution in [0.5, 0.6) is 0 Å². The third-order valence-corrected chi connectivity index (χ3v) is 2.46. The van der Waals surface area contributed by atoms with Crippen molar-refractivity contribution < 1.29 is 0 Å². The lowest BCUT2D eigenvalue weighted by Gasteiger charge is -2.13. The number of hydrogen-bond acceptors (Lipinski definition) is 3. The fourth-order valence-corrected chi connectivity index (χ4v) is 1.56. The summed E-state index contributed by atoms with van der Waals surface area (Å²) in [6, 6.07) is 2.30. The Balaban J connectivity index is 1.93. The van der Waals surface area contributed by atoms with Crippen LogP contribution in [0.1, 0.15) is 24.4 Å². The highest BCUT2D eigenvalue weighted by Gasteiger charge is 2.08. The van der Waals surface area contributed by atoms with Crippen molar-refractivity contribution >= 4 is 0 Å². The topological polar surface area (TPSA) is 58.5 Å². The molecule has 5 heteroatoms. The minimum absolute atomic E-state index is 0.279. The molecule has 1 atom stereocenters. The fraction of sp³-hybridized carbons (Fsp3) is 0.400. The van der Waals surface area contributed by atoms with Gasteiger partial charge in [-0.25, -0.2) is 4.98 Å². The molecule has 5 nitrogen and oxygen atoms in total. The van der Waals surface area contributed by atoms with Gasteiger partial charge in [-0.2, -0.15) is 5.10 Å². The van der Waals surface area contributed by atoms with Crippen LogP contribution in [-0.2, 0) is 13.6 Å². The van der Waals surface area contributed by atoms with Gasteiger partial charge in [-0.05, 0) is 13.0 Å². The molecular weight excluding hydrogens is 190 g/mol. The molecule has 0 saturated carbocycles. The maximum atomic E-state index is 4.14. The van der Waals surface area contributed by atoms with Crippen LogP contribution < -0.4 is 5.32 Å².